The average Bonchev–Trinajstić information content (AvgIpc) is 2.74. The number of alkyl halides is 1. The fourth-order valence-electron chi connectivity index (χ4n) is 1.29. The molecule has 0 unspecified atom stereocenters. The molecule has 0 atom stereocenters. The van der Waals surface area contributed by atoms with Crippen LogP contribution in [0.1, 0.15) is 5.56 Å². The van der Waals surface area contributed by atoms with E-state index in [4.69, 9.17) is 0 Å². The zero-order valence-corrected chi connectivity index (χ0v) is 9.48. The predicted octanol–water partition coefficient (Wildman–Crippen LogP) is 1.54. The number of imidazole rings is 1. The van der Waals surface area contributed by atoms with Crippen LogP contribution in [0.2, 0.25) is 0 Å². The minimum Gasteiger partial charge on any atom is -0.319 e. The highest BCUT2D eigenvalue weighted by Crippen LogP contribution is 2.06. The molecular formula is C9H11BrN4. The molecule has 0 aliphatic rings. The van der Waals surface area contributed by atoms with Crippen LogP contribution in [0.3, 0.4) is 0 Å². The Morgan fingerprint density at radius 3 is 3.00 bits per heavy atom. The lowest BCUT2D eigenvalue weighted by Gasteiger charge is -1.99. The second-order valence-corrected chi connectivity index (χ2v) is 3.86. The maximum absolute atomic E-state index is 4.25. The van der Waals surface area contributed by atoms with Crippen LogP contribution in [0.4, 0.5) is 0 Å². The Labute approximate surface area is 90.7 Å². The van der Waals surface area contributed by atoms with E-state index >= 15 is 0 Å². The second-order valence-electron chi connectivity index (χ2n) is 3.07. The predicted molar refractivity (Wildman–Crippen MR) is 57.8 cm³/mol. The van der Waals surface area contributed by atoms with Gasteiger partial charge in [-0.25, -0.2) is 9.67 Å². The summed E-state index contributed by atoms with van der Waals surface area (Å²) < 4.78 is 3.73. The lowest BCUT2D eigenvalue weighted by atomic mass is 10.3. The van der Waals surface area contributed by atoms with Crippen LogP contribution in [0.15, 0.2) is 24.8 Å². The van der Waals surface area contributed by atoms with E-state index in [1.54, 1.807) is 10.9 Å². The Morgan fingerprint density at radius 1 is 1.50 bits per heavy atom. The first-order valence-electron chi connectivity index (χ1n) is 4.38. The van der Waals surface area contributed by atoms with Crippen molar-refractivity contribution in [3.63, 3.8) is 0 Å². The summed E-state index contributed by atoms with van der Waals surface area (Å²) in [5, 5.41) is 5.21. The molecule has 2 aromatic heterocycles. The van der Waals surface area contributed by atoms with Gasteiger partial charge in [-0.1, -0.05) is 15.9 Å². The van der Waals surface area contributed by atoms with Gasteiger partial charge in [0.1, 0.15) is 0 Å². The van der Waals surface area contributed by atoms with Gasteiger partial charge in [0.05, 0.1) is 6.20 Å². The van der Waals surface area contributed by atoms with Crippen molar-refractivity contribution in [1.29, 1.82) is 0 Å². The molecule has 0 spiro atoms. The zero-order valence-electron chi connectivity index (χ0n) is 7.89. The number of aryl methyl sites for hydroxylation is 2. The summed E-state index contributed by atoms with van der Waals surface area (Å²) in [6, 6.07) is 0. The minimum absolute atomic E-state index is 0.839. The summed E-state index contributed by atoms with van der Waals surface area (Å²) in [6.07, 6.45) is 8.53. The molecule has 2 aromatic rings. The average molecular weight is 255 g/mol. The van der Waals surface area contributed by atoms with Crippen molar-refractivity contribution in [2.45, 2.75) is 6.42 Å². The quantitative estimate of drug-likeness (QED) is 0.780. The van der Waals surface area contributed by atoms with Crippen molar-refractivity contribution in [1.82, 2.24) is 19.3 Å². The minimum atomic E-state index is 0.839. The van der Waals surface area contributed by atoms with Crippen LogP contribution in [0, 0.1) is 0 Å². The molecule has 4 nitrogen and oxygen atoms in total. The van der Waals surface area contributed by atoms with Gasteiger partial charge < -0.3 is 4.57 Å². The van der Waals surface area contributed by atoms with E-state index in [1.165, 1.54) is 5.56 Å². The van der Waals surface area contributed by atoms with E-state index < -0.39 is 0 Å². The molecule has 0 saturated carbocycles. The van der Waals surface area contributed by atoms with Crippen LogP contribution < -0.4 is 0 Å². The Bertz CT molecular complexity index is 418. The van der Waals surface area contributed by atoms with Gasteiger partial charge in [0.25, 0.3) is 0 Å². The Balaban J connectivity index is 2.29. The Hall–Kier alpha value is -1.10. The standard InChI is InChI=1S/C9H11BrN4/c1-13-5-4-11-9(13)14-7-8(2-3-10)6-12-14/h4-7H,2-3H2,1H3. The molecule has 14 heavy (non-hydrogen) atoms. The van der Waals surface area contributed by atoms with Gasteiger partial charge in [-0.2, -0.15) is 5.10 Å². The Kier molecular flexibility index (Phi) is 2.67. The van der Waals surface area contributed by atoms with Crippen LogP contribution in [-0.2, 0) is 13.5 Å². The monoisotopic (exact) mass is 254 g/mol. The number of halogens is 1. The van der Waals surface area contributed by atoms with Crippen molar-refractivity contribution in [2.24, 2.45) is 7.05 Å². The summed E-state index contributed by atoms with van der Waals surface area (Å²) >= 11 is 3.40. The third-order valence-electron chi connectivity index (χ3n) is 2.02. The molecule has 0 amide bonds. The smallest absolute Gasteiger partial charge is 0.230 e. The van der Waals surface area contributed by atoms with E-state index in [0.717, 1.165) is 17.7 Å². The molecule has 2 heterocycles. The van der Waals surface area contributed by atoms with E-state index in [1.807, 2.05) is 30.2 Å². The molecule has 0 bridgehead atoms. The van der Waals surface area contributed by atoms with E-state index in [0.29, 0.717) is 0 Å². The lowest BCUT2D eigenvalue weighted by Crippen LogP contribution is -2.02. The third-order valence-corrected chi connectivity index (χ3v) is 2.42. The number of rotatable bonds is 3. The maximum Gasteiger partial charge on any atom is 0.230 e. The molecular weight excluding hydrogens is 244 g/mol. The van der Waals surface area contributed by atoms with Crippen molar-refractivity contribution in [2.75, 3.05) is 5.33 Å². The SMILES string of the molecule is Cn1ccnc1-n1cc(CCBr)cn1. The first-order valence-corrected chi connectivity index (χ1v) is 5.50. The van der Waals surface area contributed by atoms with Gasteiger partial charge in [-0.15, -0.1) is 0 Å². The van der Waals surface area contributed by atoms with Crippen LogP contribution in [0.5, 0.6) is 0 Å². The molecule has 2 rings (SSSR count). The molecule has 0 radical (unpaired) electrons. The molecule has 5 heteroatoms. The van der Waals surface area contributed by atoms with E-state index in [9.17, 15) is 0 Å². The zero-order chi connectivity index (χ0) is 9.97. The maximum atomic E-state index is 4.25. The largest absolute Gasteiger partial charge is 0.319 e. The fraction of sp³-hybridized carbons (Fsp3) is 0.333. The molecule has 0 aliphatic carbocycles. The van der Waals surface area contributed by atoms with Crippen LogP contribution in [-0.4, -0.2) is 24.7 Å². The highest BCUT2D eigenvalue weighted by atomic mass is 79.9. The number of aromatic nitrogens is 4. The van der Waals surface area contributed by atoms with Gasteiger partial charge in [-0.05, 0) is 12.0 Å². The number of hydrogen-bond acceptors (Lipinski definition) is 2. The Morgan fingerprint density at radius 2 is 2.36 bits per heavy atom. The summed E-state index contributed by atoms with van der Waals surface area (Å²) in [5.74, 6) is 0.839. The van der Waals surface area contributed by atoms with Gasteiger partial charge in [-0.3, -0.25) is 0 Å². The molecule has 74 valence electrons. The lowest BCUT2D eigenvalue weighted by molar-refractivity contribution is 0.749. The van der Waals surface area contributed by atoms with Crippen molar-refractivity contribution < 1.29 is 0 Å². The summed E-state index contributed by atoms with van der Waals surface area (Å²) in [4.78, 5) is 4.21. The molecule has 0 aliphatic heterocycles. The third kappa shape index (κ3) is 1.72. The fourth-order valence-corrected chi connectivity index (χ4v) is 1.74. The van der Waals surface area contributed by atoms with Crippen LogP contribution >= 0.6 is 15.9 Å². The molecule has 0 fully saturated rings. The van der Waals surface area contributed by atoms with E-state index in [-0.39, 0.29) is 0 Å². The normalized spacial score (nSPS) is 10.7. The molecule has 0 saturated heterocycles. The first-order chi connectivity index (χ1) is 6.81. The number of nitrogens with zero attached hydrogens (tertiary/aromatic N) is 4. The topological polar surface area (TPSA) is 35.6 Å². The molecule has 0 aromatic carbocycles. The first kappa shape index (κ1) is 9.45. The van der Waals surface area contributed by atoms with Gasteiger partial charge >= 0.3 is 0 Å². The summed E-state index contributed by atoms with van der Waals surface area (Å²) in [7, 11) is 1.95. The molecule has 0 N–H and O–H groups in total. The van der Waals surface area contributed by atoms with Gasteiger partial charge in [0.2, 0.25) is 5.95 Å². The highest BCUT2D eigenvalue weighted by Gasteiger charge is 2.03. The van der Waals surface area contributed by atoms with Gasteiger partial charge in [0, 0.05) is 31.0 Å². The summed E-state index contributed by atoms with van der Waals surface area (Å²) in [5.41, 5.74) is 1.21. The van der Waals surface area contributed by atoms with E-state index in [2.05, 4.69) is 26.0 Å². The highest BCUT2D eigenvalue weighted by molar-refractivity contribution is 9.09. The van der Waals surface area contributed by atoms with Crippen molar-refractivity contribution >= 4 is 15.9 Å². The van der Waals surface area contributed by atoms with Gasteiger partial charge in [0.15, 0.2) is 0 Å². The summed E-state index contributed by atoms with van der Waals surface area (Å²) in [6.45, 7) is 0. The van der Waals surface area contributed by atoms with Crippen LogP contribution in [0.25, 0.3) is 5.95 Å². The second kappa shape index (κ2) is 3.96. The number of hydrogen-bond donors (Lipinski definition) is 0. The van der Waals surface area contributed by atoms with Crippen molar-refractivity contribution in [3.8, 4) is 5.95 Å². The van der Waals surface area contributed by atoms with Crippen molar-refractivity contribution in [3.05, 3.63) is 30.4 Å².